The summed E-state index contributed by atoms with van der Waals surface area (Å²) in [6.07, 6.45) is 2.04. The molecule has 0 radical (unpaired) electrons. The summed E-state index contributed by atoms with van der Waals surface area (Å²) in [4.78, 5) is 17.0. The van der Waals surface area contributed by atoms with Gasteiger partial charge >= 0.3 is 37.8 Å². The Hall–Kier alpha value is 1.30. The zero-order chi connectivity index (χ0) is 9.98. The van der Waals surface area contributed by atoms with Crippen molar-refractivity contribution >= 4 is 16.5 Å². The van der Waals surface area contributed by atoms with Gasteiger partial charge in [-0.2, -0.15) is 0 Å². The molecule has 2 unspecified atom stereocenters. The molecule has 0 saturated heterocycles. The third-order valence-corrected chi connectivity index (χ3v) is 2.05. The Morgan fingerprint density at radius 3 is 1.92 bits per heavy atom. The molecule has 13 heavy (non-hydrogen) atoms. The van der Waals surface area contributed by atoms with Gasteiger partial charge in [0.25, 0.3) is 0 Å². The number of hydrogen-bond donors (Lipinski definition) is 2. The topological polar surface area (TPSA) is 107 Å². The zero-order valence-electron chi connectivity index (χ0n) is 7.65. The predicted octanol–water partition coefficient (Wildman–Crippen LogP) is -3.08. The van der Waals surface area contributed by atoms with E-state index in [0.29, 0.717) is 6.61 Å². The Bertz CT molecular complexity index is 129. The van der Waals surface area contributed by atoms with E-state index in [1.165, 1.54) is 0 Å². The fraction of sp³-hybridized carbons (Fsp3) is 1.00. The molecular formula is C4H13NaO6P2. The number of unbranched alkanes of at least 4 members (excludes halogenated alkanes) is 1. The van der Waals surface area contributed by atoms with Crippen molar-refractivity contribution in [3.63, 3.8) is 0 Å². The molecule has 0 aliphatic heterocycles. The van der Waals surface area contributed by atoms with E-state index >= 15 is 0 Å². The van der Waals surface area contributed by atoms with Crippen molar-refractivity contribution in [2.75, 3.05) is 6.61 Å². The van der Waals surface area contributed by atoms with E-state index in [0.717, 1.165) is 12.8 Å². The first-order valence-corrected chi connectivity index (χ1v) is 5.76. The van der Waals surface area contributed by atoms with Gasteiger partial charge in [0.1, 0.15) is 8.25 Å². The van der Waals surface area contributed by atoms with Crippen LogP contribution in [0, 0.1) is 0 Å². The normalized spacial score (nSPS) is 13.2. The summed E-state index contributed by atoms with van der Waals surface area (Å²) >= 11 is 0. The molecule has 76 valence electrons. The maximum atomic E-state index is 9.40. The summed E-state index contributed by atoms with van der Waals surface area (Å²) in [5, 5.41) is 8.07. The van der Waals surface area contributed by atoms with E-state index in [2.05, 4.69) is 11.2 Å². The van der Waals surface area contributed by atoms with Crippen LogP contribution in [0.2, 0.25) is 0 Å². The number of aliphatic hydroxyl groups excluding tert-OH is 1. The smallest absolute Gasteiger partial charge is 0.781 e. The van der Waals surface area contributed by atoms with Gasteiger partial charge in [-0.25, -0.2) is 0 Å². The molecule has 0 fully saturated rings. The fourth-order valence-electron chi connectivity index (χ4n) is 0.229. The van der Waals surface area contributed by atoms with Crippen LogP contribution < -0.4 is 34.5 Å². The van der Waals surface area contributed by atoms with Gasteiger partial charge < -0.3 is 19.5 Å². The maximum Gasteiger partial charge on any atom is 1.00 e. The molecule has 0 aromatic rings. The largest absolute Gasteiger partial charge is 1.00 e. The summed E-state index contributed by atoms with van der Waals surface area (Å²) in [5.74, 6) is 0. The Kier molecular flexibility index (Phi) is 24.0. The SMILES string of the molecule is CCCCO.O=[PH]([O-])O[PH](=O)O.[Na+]. The molecule has 9 heteroatoms. The van der Waals surface area contributed by atoms with Crippen molar-refractivity contribution < 1.29 is 57.9 Å². The van der Waals surface area contributed by atoms with E-state index in [1.54, 1.807) is 0 Å². The first-order valence-electron chi connectivity index (χ1n) is 3.27. The van der Waals surface area contributed by atoms with Crippen LogP contribution in [0.15, 0.2) is 0 Å². The van der Waals surface area contributed by atoms with Crippen LogP contribution in [0.5, 0.6) is 0 Å². The summed E-state index contributed by atoms with van der Waals surface area (Å²) in [5.41, 5.74) is 0. The summed E-state index contributed by atoms with van der Waals surface area (Å²) in [6.45, 7) is 2.40. The molecule has 0 bridgehead atoms. The first-order chi connectivity index (χ1) is 5.54. The minimum atomic E-state index is -3.45. The van der Waals surface area contributed by atoms with Crippen LogP contribution in [0.1, 0.15) is 19.8 Å². The molecule has 0 amide bonds. The minimum absolute atomic E-state index is 0. The van der Waals surface area contributed by atoms with Crippen LogP contribution in [-0.2, 0) is 13.4 Å². The van der Waals surface area contributed by atoms with Gasteiger partial charge in [0, 0.05) is 6.61 Å². The van der Waals surface area contributed by atoms with Crippen molar-refractivity contribution in [1.29, 1.82) is 0 Å². The van der Waals surface area contributed by atoms with E-state index in [4.69, 9.17) is 10.00 Å². The molecule has 0 heterocycles. The Balaban J connectivity index is -0.000000150. The van der Waals surface area contributed by atoms with Crippen LogP contribution >= 0.6 is 16.5 Å². The zero-order valence-corrected chi connectivity index (χ0v) is 11.6. The number of rotatable bonds is 4. The van der Waals surface area contributed by atoms with Crippen molar-refractivity contribution in [1.82, 2.24) is 0 Å². The Labute approximate surface area is 101 Å². The van der Waals surface area contributed by atoms with E-state index in [-0.39, 0.29) is 29.6 Å². The number of aliphatic hydroxyl groups is 1. The molecule has 0 spiro atoms. The van der Waals surface area contributed by atoms with Crippen molar-refractivity contribution in [3.05, 3.63) is 0 Å². The minimum Gasteiger partial charge on any atom is -0.781 e. The van der Waals surface area contributed by atoms with Gasteiger partial charge in [-0.3, -0.25) is 8.88 Å². The van der Waals surface area contributed by atoms with Crippen molar-refractivity contribution in [3.8, 4) is 0 Å². The van der Waals surface area contributed by atoms with Gasteiger partial charge in [-0.05, 0) is 6.42 Å². The molecule has 6 nitrogen and oxygen atoms in total. The monoisotopic (exact) mass is 242 g/mol. The van der Waals surface area contributed by atoms with Crippen LogP contribution in [0.4, 0.5) is 0 Å². The molecule has 0 aromatic carbocycles. The summed E-state index contributed by atoms with van der Waals surface area (Å²) in [6, 6.07) is 0. The van der Waals surface area contributed by atoms with Crippen LogP contribution in [-0.4, -0.2) is 16.6 Å². The van der Waals surface area contributed by atoms with Gasteiger partial charge in [0.05, 0.1) is 0 Å². The third kappa shape index (κ3) is 31.9. The Morgan fingerprint density at radius 2 is 1.92 bits per heavy atom. The van der Waals surface area contributed by atoms with Gasteiger partial charge in [0.15, 0.2) is 0 Å². The molecule has 2 atom stereocenters. The summed E-state index contributed by atoms with van der Waals surface area (Å²) in [7, 11) is -6.72. The summed E-state index contributed by atoms with van der Waals surface area (Å²) < 4.78 is 22.1. The second-order valence-electron chi connectivity index (χ2n) is 1.70. The van der Waals surface area contributed by atoms with Gasteiger partial charge in [-0.15, -0.1) is 0 Å². The van der Waals surface area contributed by atoms with E-state index < -0.39 is 16.5 Å². The quantitative estimate of drug-likeness (QED) is 0.400. The van der Waals surface area contributed by atoms with Crippen molar-refractivity contribution in [2.45, 2.75) is 19.8 Å². The van der Waals surface area contributed by atoms with E-state index in [9.17, 15) is 14.0 Å². The average molecular weight is 242 g/mol. The molecular weight excluding hydrogens is 229 g/mol. The van der Waals surface area contributed by atoms with Gasteiger partial charge in [-0.1, -0.05) is 13.3 Å². The first kappa shape index (κ1) is 19.8. The van der Waals surface area contributed by atoms with Crippen LogP contribution in [0.25, 0.3) is 0 Å². The fourth-order valence-corrected chi connectivity index (χ4v) is 0.800. The molecule has 2 N–H and O–H groups in total. The van der Waals surface area contributed by atoms with E-state index in [1.807, 2.05) is 0 Å². The number of hydrogen-bond acceptors (Lipinski definition) is 5. The van der Waals surface area contributed by atoms with Crippen LogP contribution in [0.3, 0.4) is 0 Å². The molecule has 0 aliphatic rings. The molecule has 0 saturated carbocycles. The second-order valence-corrected chi connectivity index (χ2v) is 3.54. The molecule has 0 rings (SSSR count). The standard InChI is InChI=1S/C4H10O.Na.H4O5P2/c1-2-3-4-5;;1-6(2)5-7(3)4/h5H,2-4H2,1H3;;6-7H,(H,1,2)(H,3,4)/q;+1;/p-1. The molecule has 0 aromatic heterocycles. The van der Waals surface area contributed by atoms with Crippen molar-refractivity contribution in [2.24, 2.45) is 0 Å². The third-order valence-electron chi connectivity index (χ3n) is 0.682. The Morgan fingerprint density at radius 1 is 1.46 bits per heavy atom. The average Bonchev–Trinajstić information content (AvgIpc) is 1.87. The maximum absolute atomic E-state index is 9.40. The molecule has 0 aliphatic carbocycles. The predicted molar refractivity (Wildman–Crippen MR) is 43.3 cm³/mol. The second kappa shape index (κ2) is 15.8. The van der Waals surface area contributed by atoms with Gasteiger partial charge in [0.2, 0.25) is 0 Å².